The van der Waals surface area contributed by atoms with Crippen LogP contribution in [0, 0.1) is 19.7 Å². The third-order valence-corrected chi connectivity index (χ3v) is 7.39. The lowest BCUT2D eigenvalue weighted by atomic mass is 10.0. The number of carbonyl (C=O) groups is 2. The van der Waals surface area contributed by atoms with Crippen LogP contribution in [0.2, 0.25) is 5.02 Å². The van der Waals surface area contributed by atoms with Gasteiger partial charge in [0.05, 0.1) is 5.75 Å². The Morgan fingerprint density at radius 1 is 0.951 bits per heavy atom. The van der Waals surface area contributed by atoms with Crippen LogP contribution in [0.4, 0.5) is 15.8 Å². The zero-order valence-corrected chi connectivity index (χ0v) is 24.8. The van der Waals surface area contributed by atoms with Crippen molar-refractivity contribution in [1.29, 1.82) is 0 Å². The van der Waals surface area contributed by atoms with E-state index < -0.39 is 17.8 Å². The van der Waals surface area contributed by atoms with Gasteiger partial charge in [-0.3, -0.25) is 9.59 Å². The van der Waals surface area contributed by atoms with E-state index in [0.29, 0.717) is 21.4 Å². The quantitative estimate of drug-likeness (QED) is 0.169. The van der Waals surface area contributed by atoms with Gasteiger partial charge in [0.25, 0.3) is 5.91 Å². The number of thioether (sulfide) groups is 1. The van der Waals surface area contributed by atoms with Crippen molar-refractivity contribution in [3.05, 3.63) is 112 Å². The molecule has 4 rings (SSSR count). The van der Waals surface area contributed by atoms with Crippen molar-refractivity contribution in [3.63, 3.8) is 0 Å². The van der Waals surface area contributed by atoms with Crippen molar-refractivity contribution in [2.75, 3.05) is 30.1 Å². The van der Waals surface area contributed by atoms with Crippen LogP contribution in [0.1, 0.15) is 28.6 Å². The van der Waals surface area contributed by atoms with Crippen LogP contribution in [-0.2, 0) is 16.1 Å². The molecule has 41 heavy (non-hydrogen) atoms. The van der Waals surface area contributed by atoms with E-state index in [1.165, 1.54) is 22.7 Å². The molecule has 0 aliphatic heterocycles. The van der Waals surface area contributed by atoms with Crippen LogP contribution in [0.25, 0.3) is 0 Å². The first-order valence-electron chi connectivity index (χ1n) is 12.9. The van der Waals surface area contributed by atoms with Gasteiger partial charge in [0.15, 0.2) is 5.16 Å². The Bertz CT molecular complexity index is 1500. The molecule has 1 atom stereocenters. The summed E-state index contributed by atoms with van der Waals surface area (Å²) in [5.41, 5.74) is 3.93. The number of benzene rings is 3. The Kier molecular flexibility index (Phi) is 9.96. The Balaban J connectivity index is 1.70. The molecule has 1 unspecified atom stereocenters. The first-order chi connectivity index (χ1) is 19.6. The van der Waals surface area contributed by atoms with Crippen LogP contribution in [0.15, 0.2) is 84.0 Å². The van der Waals surface area contributed by atoms with Gasteiger partial charge in [0.2, 0.25) is 5.91 Å². The van der Waals surface area contributed by atoms with Gasteiger partial charge in [0.1, 0.15) is 11.9 Å². The molecule has 3 aromatic carbocycles. The number of nitrogens with one attached hydrogen (secondary N) is 1. The second-order valence-electron chi connectivity index (χ2n) is 9.72. The average molecular weight is 592 g/mol. The summed E-state index contributed by atoms with van der Waals surface area (Å²) >= 11 is 7.32. The van der Waals surface area contributed by atoms with Crippen LogP contribution in [0.3, 0.4) is 0 Å². The number of hydrogen-bond donors (Lipinski definition) is 1. The van der Waals surface area contributed by atoms with Gasteiger partial charge >= 0.3 is 0 Å². The highest BCUT2D eigenvalue weighted by Crippen LogP contribution is 2.29. The van der Waals surface area contributed by atoms with Crippen molar-refractivity contribution in [2.24, 2.45) is 0 Å². The molecule has 2 amide bonds. The largest absolute Gasteiger partial charge is 0.378 e. The predicted octanol–water partition coefficient (Wildman–Crippen LogP) is 6.45. The highest BCUT2D eigenvalue weighted by molar-refractivity contribution is 7.99. The molecule has 1 N–H and O–H groups in total. The summed E-state index contributed by atoms with van der Waals surface area (Å²) < 4.78 is 14.8. The minimum Gasteiger partial charge on any atom is -0.378 e. The Morgan fingerprint density at radius 2 is 1.59 bits per heavy atom. The summed E-state index contributed by atoms with van der Waals surface area (Å²) in [5.74, 6) is -1.34. The first-order valence-corrected chi connectivity index (χ1v) is 14.3. The molecular formula is C31H31ClFN5O2S. The van der Waals surface area contributed by atoms with E-state index in [9.17, 15) is 14.0 Å². The van der Waals surface area contributed by atoms with Crippen molar-refractivity contribution in [1.82, 2.24) is 14.9 Å². The molecule has 10 heteroatoms. The van der Waals surface area contributed by atoms with Gasteiger partial charge in [0, 0.05) is 54.0 Å². The number of anilines is 2. The number of amides is 2. The van der Waals surface area contributed by atoms with Crippen molar-refractivity contribution < 1.29 is 14.0 Å². The van der Waals surface area contributed by atoms with E-state index in [1.54, 1.807) is 54.6 Å². The summed E-state index contributed by atoms with van der Waals surface area (Å²) in [5, 5.41) is 3.88. The minimum absolute atomic E-state index is 0.0494. The molecule has 0 saturated carbocycles. The third-order valence-electron chi connectivity index (χ3n) is 6.30. The second kappa shape index (κ2) is 13.6. The standard InChI is InChI=1S/C31H31ClFN5O2S/c1-20-17-21(2)35-31(34-20)41-19-28(39)38(18-23-7-5-6-8-27(23)33)29(22-9-11-24(32)12-10-22)30(40)36-25-13-15-26(16-14-25)37(3)4/h5-17,29H,18-19H2,1-4H3,(H,36,40). The number of nitrogens with zero attached hydrogens (tertiary/aromatic N) is 4. The SMILES string of the molecule is Cc1cc(C)nc(SCC(=O)N(Cc2ccccc2F)C(C(=O)Nc2ccc(N(C)C)cc2)c2ccc(Cl)cc2)n1. The predicted molar refractivity (Wildman–Crippen MR) is 163 cm³/mol. The van der Waals surface area contributed by atoms with Gasteiger partial charge in [-0.05, 0) is 67.9 Å². The summed E-state index contributed by atoms with van der Waals surface area (Å²) in [7, 11) is 3.86. The van der Waals surface area contributed by atoms with Gasteiger partial charge in [-0.15, -0.1) is 0 Å². The normalized spacial score (nSPS) is 11.6. The molecule has 4 aromatic rings. The van der Waals surface area contributed by atoms with Gasteiger partial charge < -0.3 is 15.1 Å². The molecule has 0 bridgehead atoms. The summed E-state index contributed by atoms with van der Waals surface area (Å²) in [6.07, 6.45) is 0. The summed E-state index contributed by atoms with van der Waals surface area (Å²) in [4.78, 5) is 40.0. The van der Waals surface area contributed by atoms with Crippen molar-refractivity contribution >= 4 is 46.6 Å². The first kappa shape index (κ1) is 30.0. The molecule has 1 aromatic heterocycles. The van der Waals surface area contributed by atoms with Gasteiger partial charge in [-0.25, -0.2) is 14.4 Å². The van der Waals surface area contributed by atoms with E-state index in [4.69, 9.17) is 11.6 Å². The minimum atomic E-state index is -1.08. The Labute approximate surface area is 248 Å². The van der Waals surface area contributed by atoms with Crippen LogP contribution >= 0.6 is 23.4 Å². The monoisotopic (exact) mass is 591 g/mol. The second-order valence-corrected chi connectivity index (χ2v) is 11.1. The summed E-state index contributed by atoms with van der Waals surface area (Å²) in [6, 6.07) is 21.1. The molecule has 0 fully saturated rings. The van der Waals surface area contributed by atoms with Crippen LogP contribution in [-0.4, -0.2) is 46.5 Å². The highest BCUT2D eigenvalue weighted by Gasteiger charge is 2.32. The molecule has 0 saturated heterocycles. The molecule has 7 nitrogen and oxygen atoms in total. The number of aromatic nitrogens is 2. The Morgan fingerprint density at radius 3 is 2.20 bits per heavy atom. The lowest BCUT2D eigenvalue weighted by Crippen LogP contribution is -2.42. The van der Waals surface area contributed by atoms with Crippen molar-refractivity contribution in [2.45, 2.75) is 31.6 Å². The molecule has 1 heterocycles. The molecule has 0 aliphatic carbocycles. The fourth-order valence-electron chi connectivity index (χ4n) is 4.27. The van der Waals surface area contributed by atoms with Gasteiger partial charge in [-0.2, -0.15) is 0 Å². The zero-order valence-electron chi connectivity index (χ0n) is 23.3. The zero-order chi connectivity index (χ0) is 29.5. The van der Waals surface area contributed by atoms with E-state index in [2.05, 4.69) is 15.3 Å². The topological polar surface area (TPSA) is 78.4 Å². The molecule has 0 aliphatic rings. The van der Waals surface area contributed by atoms with E-state index >= 15 is 0 Å². The number of hydrogen-bond acceptors (Lipinski definition) is 6. The highest BCUT2D eigenvalue weighted by atomic mass is 35.5. The summed E-state index contributed by atoms with van der Waals surface area (Å²) in [6.45, 7) is 3.59. The fourth-order valence-corrected chi connectivity index (χ4v) is 5.23. The van der Waals surface area contributed by atoms with E-state index in [-0.39, 0.29) is 23.8 Å². The fraction of sp³-hybridized carbons (Fsp3) is 0.226. The average Bonchev–Trinajstić information content (AvgIpc) is 2.93. The van der Waals surface area contributed by atoms with Crippen LogP contribution in [0.5, 0.6) is 0 Å². The maximum Gasteiger partial charge on any atom is 0.251 e. The number of halogens is 2. The third kappa shape index (κ3) is 8.05. The maximum atomic E-state index is 14.8. The van der Waals surface area contributed by atoms with Crippen molar-refractivity contribution in [3.8, 4) is 0 Å². The Hall–Kier alpha value is -3.95. The molecule has 0 radical (unpaired) electrons. The number of rotatable bonds is 10. The molecule has 0 spiro atoms. The van der Waals surface area contributed by atoms with E-state index in [1.807, 2.05) is 51.0 Å². The maximum absolute atomic E-state index is 14.8. The lowest BCUT2D eigenvalue weighted by Gasteiger charge is -2.31. The number of aryl methyl sites for hydroxylation is 2. The van der Waals surface area contributed by atoms with E-state index in [0.717, 1.165) is 17.1 Å². The van der Waals surface area contributed by atoms with Gasteiger partial charge in [-0.1, -0.05) is 53.7 Å². The smallest absolute Gasteiger partial charge is 0.251 e. The lowest BCUT2D eigenvalue weighted by molar-refractivity contribution is -0.137. The molecular weight excluding hydrogens is 561 g/mol. The molecule has 212 valence electrons. The number of carbonyl (C=O) groups excluding carboxylic acids is 2. The van der Waals surface area contributed by atoms with Crippen LogP contribution < -0.4 is 10.2 Å².